The smallest absolute Gasteiger partial charge is 0.0589 e. The highest BCUT2D eigenvalue weighted by molar-refractivity contribution is 4.77. The Morgan fingerprint density at radius 2 is 2.33 bits per heavy atom. The summed E-state index contributed by atoms with van der Waals surface area (Å²) in [6.07, 6.45) is 2.56. The van der Waals surface area contributed by atoms with E-state index in [1.807, 2.05) is 0 Å². The van der Waals surface area contributed by atoms with E-state index >= 15 is 0 Å². The molecule has 0 bridgehead atoms. The number of hydrogen-bond donors (Lipinski definition) is 1. The lowest BCUT2D eigenvalue weighted by Crippen LogP contribution is -2.39. The zero-order valence-electron chi connectivity index (χ0n) is 10.5. The number of nitrogens with zero attached hydrogens (tertiary/aromatic N) is 1. The quantitative estimate of drug-likeness (QED) is 0.692. The van der Waals surface area contributed by atoms with Crippen molar-refractivity contribution in [1.29, 1.82) is 0 Å². The van der Waals surface area contributed by atoms with E-state index in [1.54, 1.807) is 7.11 Å². The summed E-state index contributed by atoms with van der Waals surface area (Å²) >= 11 is 0. The molecule has 15 heavy (non-hydrogen) atoms. The van der Waals surface area contributed by atoms with Crippen molar-refractivity contribution >= 4 is 0 Å². The third-order valence-corrected chi connectivity index (χ3v) is 3.45. The van der Waals surface area contributed by atoms with Crippen LogP contribution in [0.2, 0.25) is 0 Å². The molecule has 3 nitrogen and oxygen atoms in total. The van der Waals surface area contributed by atoms with E-state index in [2.05, 4.69) is 24.1 Å². The second-order valence-corrected chi connectivity index (χ2v) is 4.60. The van der Waals surface area contributed by atoms with Gasteiger partial charge in [-0.25, -0.2) is 0 Å². The van der Waals surface area contributed by atoms with Crippen LogP contribution in [-0.4, -0.2) is 50.8 Å². The molecule has 1 aliphatic heterocycles. The summed E-state index contributed by atoms with van der Waals surface area (Å²) in [6, 6.07) is 0.681. The molecule has 1 N–H and O–H groups in total. The zero-order valence-corrected chi connectivity index (χ0v) is 10.5. The lowest BCUT2D eigenvalue weighted by molar-refractivity contribution is 0.111. The van der Waals surface area contributed by atoms with E-state index in [0.29, 0.717) is 6.04 Å². The van der Waals surface area contributed by atoms with Gasteiger partial charge in [0, 0.05) is 26.2 Å². The Bertz CT molecular complexity index is 158. The predicted octanol–water partition coefficient (Wildman–Crippen LogP) is 1.34. The van der Waals surface area contributed by atoms with Gasteiger partial charge in [0.05, 0.1) is 6.61 Å². The van der Waals surface area contributed by atoms with Crippen molar-refractivity contribution in [3.63, 3.8) is 0 Å². The maximum atomic E-state index is 5.17. The molecule has 0 spiro atoms. The van der Waals surface area contributed by atoms with Gasteiger partial charge >= 0.3 is 0 Å². The first-order valence-electron chi connectivity index (χ1n) is 6.21. The standard InChI is InChI=1S/C12H26N2O/c1-4-11(2)14(7-8-15-3)10-12-5-6-13-9-12/h11-13H,4-10H2,1-3H3. The molecule has 0 amide bonds. The number of methoxy groups -OCH3 is 1. The Morgan fingerprint density at radius 3 is 2.87 bits per heavy atom. The van der Waals surface area contributed by atoms with Crippen LogP contribution in [0.1, 0.15) is 26.7 Å². The molecule has 1 rings (SSSR count). The van der Waals surface area contributed by atoms with Crippen molar-refractivity contribution in [1.82, 2.24) is 10.2 Å². The molecule has 0 saturated carbocycles. The second-order valence-electron chi connectivity index (χ2n) is 4.60. The lowest BCUT2D eigenvalue weighted by atomic mass is 10.1. The van der Waals surface area contributed by atoms with Crippen LogP contribution in [0.5, 0.6) is 0 Å². The highest BCUT2D eigenvalue weighted by atomic mass is 16.5. The number of nitrogens with one attached hydrogen (secondary N) is 1. The zero-order chi connectivity index (χ0) is 11.1. The molecule has 0 aromatic heterocycles. The monoisotopic (exact) mass is 214 g/mol. The first-order chi connectivity index (χ1) is 7.27. The first kappa shape index (κ1) is 12.9. The summed E-state index contributed by atoms with van der Waals surface area (Å²) in [7, 11) is 1.78. The maximum absolute atomic E-state index is 5.17. The minimum Gasteiger partial charge on any atom is -0.383 e. The normalized spacial score (nSPS) is 23.6. The number of ether oxygens (including phenoxy) is 1. The Labute approximate surface area is 94.2 Å². The Balaban J connectivity index is 2.32. The van der Waals surface area contributed by atoms with E-state index in [4.69, 9.17) is 4.74 Å². The molecule has 1 heterocycles. The van der Waals surface area contributed by atoms with Gasteiger partial charge in [0.2, 0.25) is 0 Å². The fourth-order valence-electron chi connectivity index (χ4n) is 2.16. The van der Waals surface area contributed by atoms with Gasteiger partial charge in [-0.2, -0.15) is 0 Å². The Kier molecular flexibility index (Phi) is 6.22. The summed E-state index contributed by atoms with van der Waals surface area (Å²) < 4.78 is 5.17. The molecule has 0 radical (unpaired) electrons. The third-order valence-electron chi connectivity index (χ3n) is 3.45. The van der Waals surface area contributed by atoms with Crippen molar-refractivity contribution in [2.75, 3.05) is 39.9 Å². The average molecular weight is 214 g/mol. The van der Waals surface area contributed by atoms with E-state index in [0.717, 1.165) is 19.1 Å². The highest BCUT2D eigenvalue weighted by Gasteiger charge is 2.20. The Morgan fingerprint density at radius 1 is 1.53 bits per heavy atom. The van der Waals surface area contributed by atoms with Crippen molar-refractivity contribution < 1.29 is 4.74 Å². The molecule has 0 aliphatic carbocycles. The fourth-order valence-corrected chi connectivity index (χ4v) is 2.16. The van der Waals surface area contributed by atoms with Gasteiger partial charge in [0.1, 0.15) is 0 Å². The van der Waals surface area contributed by atoms with Crippen LogP contribution in [0.25, 0.3) is 0 Å². The van der Waals surface area contributed by atoms with Gasteiger partial charge in [0.15, 0.2) is 0 Å². The van der Waals surface area contributed by atoms with Gasteiger partial charge in [-0.05, 0) is 38.8 Å². The van der Waals surface area contributed by atoms with Crippen LogP contribution in [-0.2, 0) is 4.74 Å². The molecule has 2 atom stereocenters. The minimum absolute atomic E-state index is 0.681. The second kappa shape index (κ2) is 7.20. The van der Waals surface area contributed by atoms with Crippen LogP contribution >= 0.6 is 0 Å². The fraction of sp³-hybridized carbons (Fsp3) is 1.00. The van der Waals surface area contributed by atoms with Crippen LogP contribution in [0, 0.1) is 5.92 Å². The highest BCUT2D eigenvalue weighted by Crippen LogP contribution is 2.13. The van der Waals surface area contributed by atoms with Crippen LogP contribution in [0.4, 0.5) is 0 Å². The summed E-state index contributed by atoms with van der Waals surface area (Å²) in [5.74, 6) is 0.843. The number of rotatable bonds is 7. The molecule has 90 valence electrons. The maximum Gasteiger partial charge on any atom is 0.0589 e. The van der Waals surface area contributed by atoms with Crippen molar-refractivity contribution in [2.24, 2.45) is 5.92 Å². The van der Waals surface area contributed by atoms with Crippen molar-refractivity contribution in [3.05, 3.63) is 0 Å². The van der Waals surface area contributed by atoms with Gasteiger partial charge in [-0.1, -0.05) is 6.92 Å². The van der Waals surface area contributed by atoms with Crippen LogP contribution < -0.4 is 5.32 Å². The molecule has 1 saturated heterocycles. The van der Waals surface area contributed by atoms with E-state index in [-0.39, 0.29) is 0 Å². The van der Waals surface area contributed by atoms with E-state index in [1.165, 1.54) is 32.5 Å². The first-order valence-corrected chi connectivity index (χ1v) is 6.21. The van der Waals surface area contributed by atoms with Crippen LogP contribution in [0.3, 0.4) is 0 Å². The molecule has 2 unspecified atom stereocenters. The summed E-state index contributed by atoms with van der Waals surface area (Å²) in [4.78, 5) is 2.57. The summed E-state index contributed by atoms with van der Waals surface area (Å²) in [5.41, 5.74) is 0. The predicted molar refractivity (Wildman–Crippen MR) is 64.2 cm³/mol. The molecular weight excluding hydrogens is 188 g/mol. The Hall–Kier alpha value is -0.120. The van der Waals surface area contributed by atoms with Gasteiger partial charge in [0.25, 0.3) is 0 Å². The van der Waals surface area contributed by atoms with Crippen molar-refractivity contribution in [2.45, 2.75) is 32.7 Å². The lowest BCUT2D eigenvalue weighted by Gasteiger charge is -2.30. The molecule has 1 aliphatic rings. The topological polar surface area (TPSA) is 24.5 Å². The number of hydrogen-bond acceptors (Lipinski definition) is 3. The van der Waals surface area contributed by atoms with Gasteiger partial charge < -0.3 is 10.1 Å². The van der Waals surface area contributed by atoms with Gasteiger partial charge in [-0.15, -0.1) is 0 Å². The summed E-state index contributed by atoms with van der Waals surface area (Å²) in [6.45, 7) is 10.1. The molecular formula is C12H26N2O. The van der Waals surface area contributed by atoms with E-state index < -0.39 is 0 Å². The third kappa shape index (κ3) is 4.49. The van der Waals surface area contributed by atoms with Crippen LogP contribution in [0.15, 0.2) is 0 Å². The van der Waals surface area contributed by atoms with Gasteiger partial charge in [-0.3, -0.25) is 4.90 Å². The molecule has 0 aromatic carbocycles. The molecule has 1 fully saturated rings. The molecule has 3 heteroatoms. The van der Waals surface area contributed by atoms with E-state index in [9.17, 15) is 0 Å². The largest absolute Gasteiger partial charge is 0.383 e. The minimum atomic E-state index is 0.681. The average Bonchev–Trinajstić information content (AvgIpc) is 2.75. The van der Waals surface area contributed by atoms with Crippen molar-refractivity contribution in [3.8, 4) is 0 Å². The SMILES string of the molecule is CCC(C)N(CCOC)CC1CCNC1. The summed E-state index contributed by atoms with van der Waals surface area (Å²) in [5, 5.41) is 3.43. The molecule has 0 aromatic rings.